The largest absolute Gasteiger partial charge is 0.491 e. The van der Waals surface area contributed by atoms with Gasteiger partial charge in [-0.3, -0.25) is 9.69 Å². The number of hydrogen-bond donors (Lipinski definition) is 2. The van der Waals surface area contributed by atoms with E-state index in [2.05, 4.69) is 10.3 Å². The molecule has 0 saturated heterocycles. The number of hydrogen-bond acceptors (Lipinski definition) is 5. The van der Waals surface area contributed by atoms with E-state index in [4.69, 9.17) is 10.5 Å². The topological polar surface area (TPSA) is 97.5 Å². The molecule has 0 bridgehead atoms. The van der Waals surface area contributed by atoms with Crippen LogP contribution in [0.4, 0.5) is 21.9 Å². The number of thiophene rings is 1. The Morgan fingerprint density at radius 2 is 2.07 bits per heavy atom. The van der Waals surface area contributed by atoms with Crippen LogP contribution in [0.3, 0.4) is 0 Å². The van der Waals surface area contributed by atoms with Gasteiger partial charge in [-0.25, -0.2) is 9.78 Å². The number of benzene rings is 1. The number of carbonyl (C=O) groups is 2. The zero-order valence-corrected chi connectivity index (χ0v) is 15.9. The average molecular weight is 382 g/mol. The van der Waals surface area contributed by atoms with Gasteiger partial charge in [-0.1, -0.05) is 0 Å². The third kappa shape index (κ3) is 2.78. The van der Waals surface area contributed by atoms with Crippen LogP contribution in [-0.4, -0.2) is 23.0 Å². The Morgan fingerprint density at radius 3 is 2.74 bits per heavy atom. The summed E-state index contributed by atoms with van der Waals surface area (Å²) in [4.78, 5) is 31.5. The molecule has 0 unspecified atom stereocenters. The number of aryl methyl sites for hydroxylation is 1. The molecule has 1 aliphatic rings. The van der Waals surface area contributed by atoms with Gasteiger partial charge in [0.1, 0.15) is 15.5 Å². The van der Waals surface area contributed by atoms with Gasteiger partial charge in [0.25, 0.3) is 5.91 Å². The quantitative estimate of drug-likeness (QED) is 0.707. The van der Waals surface area contributed by atoms with Crippen LogP contribution in [0.25, 0.3) is 10.2 Å². The summed E-state index contributed by atoms with van der Waals surface area (Å²) < 4.78 is 5.73. The van der Waals surface area contributed by atoms with Gasteiger partial charge in [0.2, 0.25) is 0 Å². The van der Waals surface area contributed by atoms with Gasteiger partial charge in [0.15, 0.2) is 0 Å². The van der Waals surface area contributed by atoms with Crippen molar-refractivity contribution in [3.05, 3.63) is 40.9 Å². The minimum atomic E-state index is -0.584. The lowest BCUT2D eigenvalue weighted by Crippen LogP contribution is -2.34. The van der Waals surface area contributed by atoms with Gasteiger partial charge in [0, 0.05) is 6.20 Å². The lowest BCUT2D eigenvalue weighted by Gasteiger charge is -2.29. The monoisotopic (exact) mass is 382 g/mol. The van der Waals surface area contributed by atoms with Crippen LogP contribution < -0.4 is 20.7 Å². The van der Waals surface area contributed by atoms with E-state index < -0.39 is 5.91 Å². The summed E-state index contributed by atoms with van der Waals surface area (Å²) in [6, 6.07) is 7.01. The Hall–Kier alpha value is -3.13. The fourth-order valence-electron chi connectivity index (χ4n) is 3.22. The Balaban J connectivity index is 1.88. The fourth-order valence-corrected chi connectivity index (χ4v) is 4.19. The molecule has 27 heavy (non-hydrogen) atoms. The lowest BCUT2D eigenvalue weighted by molar-refractivity contribution is 0.100. The highest BCUT2D eigenvalue weighted by Crippen LogP contribution is 2.46. The number of nitrogens with zero attached hydrogens (tertiary/aromatic N) is 2. The third-order valence-electron chi connectivity index (χ3n) is 4.25. The number of nitrogens with two attached hydrogens (primary N) is 1. The van der Waals surface area contributed by atoms with Crippen molar-refractivity contribution < 1.29 is 14.3 Å². The summed E-state index contributed by atoms with van der Waals surface area (Å²) >= 11 is 1.18. The normalized spacial score (nSPS) is 13.2. The number of urea groups is 1. The molecule has 138 valence electrons. The highest BCUT2D eigenvalue weighted by molar-refractivity contribution is 7.21. The number of primary amides is 1. The number of amides is 3. The second-order valence-electron chi connectivity index (χ2n) is 6.56. The molecule has 0 saturated carbocycles. The van der Waals surface area contributed by atoms with Crippen LogP contribution in [0.5, 0.6) is 5.75 Å². The van der Waals surface area contributed by atoms with Crippen LogP contribution in [0.1, 0.15) is 29.1 Å². The molecule has 1 aliphatic heterocycles. The molecule has 8 heteroatoms. The molecule has 1 aromatic carbocycles. The highest BCUT2D eigenvalue weighted by Gasteiger charge is 2.32. The minimum Gasteiger partial charge on any atom is -0.491 e. The fraction of sp³-hybridized carbons (Fsp3) is 0.211. The van der Waals surface area contributed by atoms with E-state index in [9.17, 15) is 9.59 Å². The number of anilines is 3. The Labute approximate surface area is 159 Å². The van der Waals surface area contributed by atoms with Crippen molar-refractivity contribution >= 4 is 50.6 Å². The number of ether oxygens (including phenoxy) is 1. The Morgan fingerprint density at radius 1 is 1.30 bits per heavy atom. The maximum absolute atomic E-state index is 12.9. The minimum absolute atomic E-state index is 0.0638. The first kappa shape index (κ1) is 17.3. The summed E-state index contributed by atoms with van der Waals surface area (Å²) in [5, 5.41) is 3.52. The third-order valence-corrected chi connectivity index (χ3v) is 5.36. The molecule has 7 nitrogen and oxygen atoms in total. The van der Waals surface area contributed by atoms with Crippen molar-refractivity contribution in [2.75, 3.05) is 10.2 Å². The molecule has 0 spiro atoms. The van der Waals surface area contributed by atoms with Crippen LogP contribution in [0.2, 0.25) is 0 Å². The molecule has 3 amide bonds. The molecule has 3 aromatic rings. The van der Waals surface area contributed by atoms with Crippen LogP contribution in [-0.2, 0) is 0 Å². The van der Waals surface area contributed by atoms with E-state index in [0.29, 0.717) is 21.1 Å². The van der Waals surface area contributed by atoms with Crippen LogP contribution in [0.15, 0.2) is 30.5 Å². The van der Waals surface area contributed by atoms with Crippen molar-refractivity contribution in [3.8, 4) is 5.75 Å². The highest BCUT2D eigenvalue weighted by atomic mass is 32.1. The maximum atomic E-state index is 12.9. The first-order valence-electron chi connectivity index (χ1n) is 8.46. The molecule has 3 N–H and O–H groups in total. The summed E-state index contributed by atoms with van der Waals surface area (Å²) in [5.74, 6) is 0.162. The van der Waals surface area contributed by atoms with E-state index in [1.165, 1.54) is 11.3 Å². The van der Waals surface area contributed by atoms with Crippen molar-refractivity contribution in [3.63, 3.8) is 0 Å². The second-order valence-corrected chi connectivity index (χ2v) is 7.56. The Bertz CT molecular complexity index is 1090. The van der Waals surface area contributed by atoms with Gasteiger partial charge in [0.05, 0.1) is 28.6 Å². The van der Waals surface area contributed by atoms with Crippen molar-refractivity contribution in [2.45, 2.75) is 26.9 Å². The van der Waals surface area contributed by atoms with Gasteiger partial charge < -0.3 is 15.8 Å². The molecule has 4 rings (SSSR count). The molecule has 3 heterocycles. The smallest absolute Gasteiger partial charge is 0.331 e. The summed E-state index contributed by atoms with van der Waals surface area (Å²) in [6.45, 7) is 5.85. The second kappa shape index (κ2) is 6.24. The SMILES string of the molecule is Cc1cc(OC(C)C)ccc1N1C(=O)Nc2c(C(N)=O)sc3nccc1c23. The summed E-state index contributed by atoms with van der Waals surface area (Å²) in [5.41, 5.74) is 8.19. The van der Waals surface area contributed by atoms with Gasteiger partial charge in [-0.2, -0.15) is 0 Å². The number of rotatable bonds is 4. The number of nitrogens with one attached hydrogen (secondary N) is 1. The van der Waals surface area contributed by atoms with E-state index in [1.807, 2.05) is 39.0 Å². The van der Waals surface area contributed by atoms with E-state index in [0.717, 1.165) is 22.4 Å². The zero-order chi connectivity index (χ0) is 19.3. The van der Waals surface area contributed by atoms with E-state index >= 15 is 0 Å². The molecule has 0 atom stereocenters. The molecular weight excluding hydrogens is 364 g/mol. The van der Waals surface area contributed by atoms with Crippen LogP contribution >= 0.6 is 11.3 Å². The number of carbonyl (C=O) groups excluding carboxylic acids is 2. The molecular formula is C19H18N4O3S. The zero-order valence-electron chi connectivity index (χ0n) is 15.1. The average Bonchev–Trinajstić information content (AvgIpc) is 2.96. The summed E-state index contributed by atoms with van der Waals surface area (Å²) in [7, 11) is 0. The first-order chi connectivity index (χ1) is 12.9. The Kier molecular flexibility index (Phi) is 4.00. The van der Waals surface area contributed by atoms with Crippen LogP contribution in [0, 0.1) is 6.92 Å². The number of pyridine rings is 1. The van der Waals surface area contributed by atoms with Gasteiger partial charge >= 0.3 is 6.03 Å². The van der Waals surface area contributed by atoms with E-state index in [1.54, 1.807) is 17.2 Å². The number of aromatic nitrogens is 1. The summed E-state index contributed by atoms with van der Waals surface area (Å²) in [6.07, 6.45) is 1.69. The molecule has 0 radical (unpaired) electrons. The lowest BCUT2D eigenvalue weighted by atomic mass is 10.1. The predicted molar refractivity (Wildman–Crippen MR) is 106 cm³/mol. The van der Waals surface area contributed by atoms with Crippen molar-refractivity contribution in [1.82, 2.24) is 4.98 Å². The maximum Gasteiger partial charge on any atom is 0.331 e. The first-order valence-corrected chi connectivity index (χ1v) is 9.28. The van der Waals surface area contributed by atoms with E-state index in [-0.39, 0.29) is 12.1 Å². The van der Waals surface area contributed by atoms with Gasteiger partial charge in [-0.05, 0) is 50.6 Å². The molecule has 0 fully saturated rings. The standard InChI is InChI=1S/C19H18N4O3S/c1-9(2)26-11-4-5-12(10(3)8-11)23-13-6-7-21-18-14(13)15(22-19(23)25)16(27-18)17(20)24/h4-9H,1-3H3,(H2,20,24)(H,22,25). The molecule has 2 aromatic heterocycles. The van der Waals surface area contributed by atoms with Crippen molar-refractivity contribution in [2.24, 2.45) is 5.73 Å². The predicted octanol–water partition coefficient (Wildman–Crippen LogP) is 4.17. The van der Waals surface area contributed by atoms with Crippen molar-refractivity contribution in [1.29, 1.82) is 0 Å². The van der Waals surface area contributed by atoms with Gasteiger partial charge in [-0.15, -0.1) is 11.3 Å². The molecule has 0 aliphatic carbocycles.